The van der Waals surface area contributed by atoms with E-state index < -0.39 is 0 Å². The third-order valence-corrected chi connectivity index (χ3v) is 3.47. The van der Waals surface area contributed by atoms with Crippen molar-refractivity contribution in [1.82, 2.24) is 4.90 Å². The number of primary amides is 1. The lowest BCUT2D eigenvalue weighted by molar-refractivity contribution is 0.148. The molecule has 0 bridgehead atoms. The molecule has 1 aliphatic heterocycles. The van der Waals surface area contributed by atoms with E-state index in [-0.39, 0.29) is 17.6 Å². The Balaban J connectivity index is 2.54. The van der Waals surface area contributed by atoms with Gasteiger partial charge in [0, 0.05) is 6.04 Å². The summed E-state index contributed by atoms with van der Waals surface area (Å²) in [5, 5.41) is 0. The topological polar surface area (TPSA) is 46.3 Å². The summed E-state index contributed by atoms with van der Waals surface area (Å²) in [5.41, 5.74) is 5.27. The van der Waals surface area contributed by atoms with Crippen LogP contribution in [0.3, 0.4) is 0 Å². The van der Waals surface area contributed by atoms with Gasteiger partial charge in [-0.3, -0.25) is 0 Å². The molecule has 2 unspecified atom stereocenters. The molecule has 2 atom stereocenters. The molecule has 0 saturated heterocycles. The summed E-state index contributed by atoms with van der Waals surface area (Å²) >= 11 is 0. The third kappa shape index (κ3) is 2.77. The second-order valence-corrected chi connectivity index (χ2v) is 4.98. The normalized spacial score (nSPS) is 28.7. The lowest BCUT2D eigenvalue weighted by atomic mass is 9.94. The van der Waals surface area contributed by atoms with E-state index in [0.29, 0.717) is 0 Å². The number of unbranched alkanes of at least 4 members (excludes halogenated alkanes) is 3. The van der Waals surface area contributed by atoms with E-state index in [9.17, 15) is 4.79 Å². The van der Waals surface area contributed by atoms with Crippen molar-refractivity contribution in [3.8, 4) is 0 Å². The molecule has 3 nitrogen and oxygen atoms in total. The van der Waals surface area contributed by atoms with Crippen LogP contribution in [0.15, 0.2) is 12.2 Å². The molecule has 1 aliphatic rings. The van der Waals surface area contributed by atoms with Crippen molar-refractivity contribution < 1.29 is 4.79 Å². The number of nitrogens with two attached hydrogens (primary N) is 1. The molecule has 3 heteroatoms. The second kappa shape index (κ2) is 5.37. The van der Waals surface area contributed by atoms with Crippen LogP contribution in [-0.2, 0) is 0 Å². The lowest BCUT2D eigenvalue weighted by Crippen LogP contribution is -2.51. The molecule has 2 N–H and O–H groups in total. The summed E-state index contributed by atoms with van der Waals surface area (Å²) in [4.78, 5) is 13.2. The second-order valence-electron chi connectivity index (χ2n) is 4.98. The highest BCUT2D eigenvalue weighted by Gasteiger charge is 2.38. The number of hydrogen-bond acceptors (Lipinski definition) is 1. The maximum Gasteiger partial charge on any atom is 0.315 e. The van der Waals surface area contributed by atoms with E-state index in [1.807, 2.05) is 6.92 Å². The molecule has 0 aromatic rings. The van der Waals surface area contributed by atoms with Crippen molar-refractivity contribution in [2.75, 3.05) is 0 Å². The Morgan fingerprint density at radius 3 is 2.69 bits per heavy atom. The molecule has 1 rings (SSSR count). The maximum absolute atomic E-state index is 11.4. The van der Waals surface area contributed by atoms with Gasteiger partial charge in [-0.05, 0) is 20.3 Å². The van der Waals surface area contributed by atoms with Gasteiger partial charge in [-0.1, -0.05) is 44.8 Å². The van der Waals surface area contributed by atoms with Crippen LogP contribution >= 0.6 is 0 Å². The van der Waals surface area contributed by atoms with E-state index in [1.165, 1.54) is 19.3 Å². The lowest BCUT2D eigenvalue weighted by Gasteiger charge is -2.36. The minimum Gasteiger partial charge on any atom is -0.351 e. The summed E-state index contributed by atoms with van der Waals surface area (Å²) < 4.78 is 0. The molecular weight excluding hydrogens is 200 g/mol. The van der Waals surface area contributed by atoms with Crippen LogP contribution in [-0.4, -0.2) is 22.5 Å². The van der Waals surface area contributed by atoms with Crippen LogP contribution in [0, 0.1) is 0 Å². The molecule has 0 aromatic carbocycles. The molecule has 2 amide bonds. The van der Waals surface area contributed by atoms with Crippen molar-refractivity contribution in [2.24, 2.45) is 5.73 Å². The average Bonchev–Trinajstić information content (AvgIpc) is 2.50. The number of amides is 2. The standard InChI is InChI=1S/C13H24N2O/c1-4-5-6-7-9-13(3)10-8-11(2)15(13)12(14)16/h8,10-11H,4-7,9H2,1-3H3,(H2,14,16). The molecule has 92 valence electrons. The molecular formula is C13H24N2O. The van der Waals surface area contributed by atoms with Crippen LogP contribution in [0.4, 0.5) is 4.79 Å². The molecule has 0 fully saturated rings. The molecule has 0 aliphatic carbocycles. The fraction of sp³-hybridized carbons (Fsp3) is 0.769. The fourth-order valence-electron chi connectivity index (χ4n) is 2.54. The van der Waals surface area contributed by atoms with Crippen LogP contribution < -0.4 is 5.73 Å². The quantitative estimate of drug-likeness (QED) is 0.566. The molecule has 1 heterocycles. The SMILES string of the molecule is CCCCCCC1(C)C=CC(C)N1C(N)=O. The van der Waals surface area contributed by atoms with E-state index in [4.69, 9.17) is 5.73 Å². The first kappa shape index (κ1) is 13.1. The van der Waals surface area contributed by atoms with Crippen LogP contribution in [0.1, 0.15) is 52.9 Å². The first-order chi connectivity index (χ1) is 7.51. The van der Waals surface area contributed by atoms with Gasteiger partial charge in [0.2, 0.25) is 0 Å². The zero-order valence-corrected chi connectivity index (χ0v) is 10.7. The zero-order valence-electron chi connectivity index (χ0n) is 10.7. The van der Waals surface area contributed by atoms with Crippen LogP contribution in [0.5, 0.6) is 0 Å². The predicted octanol–water partition coefficient (Wildman–Crippen LogP) is 3.05. The largest absolute Gasteiger partial charge is 0.351 e. The maximum atomic E-state index is 11.4. The minimum absolute atomic E-state index is 0.133. The Hall–Kier alpha value is -0.990. The van der Waals surface area contributed by atoms with E-state index in [1.54, 1.807) is 4.90 Å². The van der Waals surface area contributed by atoms with Crippen molar-refractivity contribution in [1.29, 1.82) is 0 Å². The monoisotopic (exact) mass is 224 g/mol. The van der Waals surface area contributed by atoms with Gasteiger partial charge in [-0.15, -0.1) is 0 Å². The van der Waals surface area contributed by atoms with E-state index in [0.717, 1.165) is 12.8 Å². The predicted molar refractivity (Wildman–Crippen MR) is 67.2 cm³/mol. The Morgan fingerprint density at radius 2 is 2.12 bits per heavy atom. The van der Waals surface area contributed by atoms with Gasteiger partial charge < -0.3 is 10.6 Å². The number of hydrogen-bond donors (Lipinski definition) is 1. The summed E-state index contributed by atoms with van der Waals surface area (Å²) in [6.07, 6.45) is 10.1. The summed E-state index contributed by atoms with van der Waals surface area (Å²) in [5.74, 6) is 0. The zero-order chi connectivity index (χ0) is 12.2. The molecule has 0 saturated carbocycles. The Labute approximate surface area is 98.7 Å². The van der Waals surface area contributed by atoms with Gasteiger partial charge in [-0.25, -0.2) is 4.79 Å². The summed E-state index contributed by atoms with van der Waals surface area (Å²) in [6, 6.07) is -0.177. The highest BCUT2D eigenvalue weighted by molar-refractivity contribution is 5.74. The molecule has 0 radical (unpaired) electrons. The van der Waals surface area contributed by atoms with Crippen LogP contribution in [0.2, 0.25) is 0 Å². The van der Waals surface area contributed by atoms with Crippen molar-refractivity contribution in [2.45, 2.75) is 64.5 Å². The van der Waals surface area contributed by atoms with Gasteiger partial charge in [0.1, 0.15) is 0 Å². The van der Waals surface area contributed by atoms with Gasteiger partial charge >= 0.3 is 6.03 Å². The van der Waals surface area contributed by atoms with Gasteiger partial charge in [0.25, 0.3) is 0 Å². The molecule has 0 aromatic heterocycles. The highest BCUT2D eigenvalue weighted by atomic mass is 16.2. The Kier molecular flexibility index (Phi) is 4.39. The first-order valence-corrected chi connectivity index (χ1v) is 6.29. The Morgan fingerprint density at radius 1 is 1.44 bits per heavy atom. The number of nitrogens with zero attached hydrogens (tertiary/aromatic N) is 1. The smallest absolute Gasteiger partial charge is 0.315 e. The van der Waals surface area contributed by atoms with Crippen molar-refractivity contribution in [3.05, 3.63) is 12.2 Å². The van der Waals surface area contributed by atoms with E-state index >= 15 is 0 Å². The molecule has 16 heavy (non-hydrogen) atoms. The van der Waals surface area contributed by atoms with Crippen molar-refractivity contribution in [3.63, 3.8) is 0 Å². The summed E-state index contributed by atoms with van der Waals surface area (Å²) in [7, 11) is 0. The minimum atomic E-state index is -0.310. The number of urea groups is 1. The van der Waals surface area contributed by atoms with Crippen molar-refractivity contribution >= 4 is 6.03 Å². The highest BCUT2D eigenvalue weighted by Crippen LogP contribution is 2.31. The van der Waals surface area contributed by atoms with Gasteiger partial charge in [0.05, 0.1) is 5.54 Å². The fourth-order valence-corrected chi connectivity index (χ4v) is 2.54. The average molecular weight is 224 g/mol. The van der Waals surface area contributed by atoms with Gasteiger partial charge in [-0.2, -0.15) is 0 Å². The van der Waals surface area contributed by atoms with Crippen LogP contribution in [0.25, 0.3) is 0 Å². The number of carbonyl (C=O) groups is 1. The van der Waals surface area contributed by atoms with Gasteiger partial charge in [0.15, 0.2) is 0 Å². The first-order valence-electron chi connectivity index (χ1n) is 6.29. The number of rotatable bonds is 5. The third-order valence-electron chi connectivity index (χ3n) is 3.47. The Bertz CT molecular complexity index is 275. The van der Waals surface area contributed by atoms with E-state index in [2.05, 4.69) is 26.0 Å². The number of carbonyl (C=O) groups excluding carboxylic acids is 1. The molecule has 0 spiro atoms. The summed E-state index contributed by atoms with van der Waals surface area (Å²) in [6.45, 7) is 6.32.